The van der Waals surface area contributed by atoms with Gasteiger partial charge in [-0.2, -0.15) is 30.6 Å². The van der Waals surface area contributed by atoms with E-state index in [-0.39, 0.29) is 37.1 Å². The molecule has 2 bridgehead atoms. The smallest absolute Gasteiger partial charge is 0.368 e. The summed E-state index contributed by atoms with van der Waals surface area (Å²) < 4.78 is 123. The first-order valence-corrected chi connectivity index (χ1v) is 15.1. The molecule has 0 unspecified atom stereocenters. The number of alkyl halides is 6. The quantitative estimate of drug-likeness (QED) is 0.222. The zero-order valence-electron chi connectivity index (χ0n) is 22.6. The van der Waals surface area contributed by atoms with Gasteiger partial charge >= 0.3 is 12.4 Å². The number of nitrogens with zero attached hydrogens (tertiary/aromatic N) is 1. The largest absolute Gasteiger partial charge is 0.416 e. The highest BCUT2D eigenvalue weighted by atomic mass is 32.2. The lowest BCUT2D eigenvalue weighted by Gasteiger charge is -2.50. The van der Waals surface area contributed by atoms with Gasteiger partial charge in [-0.15, -0.1) is 0 Å². The van der Waals surface area contributed by atoms with Crippen LogP contribution >= 0.6 is 0 Å². The van der Waals surface area contributed by atoms with E-state index < -0.39 is 62.6 Å². The molecule has 228 valence electrons. The standard InChI is InChI=1S/C31H27F6NO4S/c32-30(33,34)23-10-4-8-21(14-23)18-38-26(16-20-6-2-1-3-7-20)28(29-13-12-25(42-29)17-27(29)43(38,39)40)41-19-22-9-5-11-24(15-22)31(35,36)37/h1-15,25-28H,16-19H2/t25-,26+,27-,28-,29+/m0/s1. The predicted molar refractivity (Wildman–Crippen MR) is 145 cm³/mol. The van der Waals surface area contributed by atoms with Crippen LogP contribution in [0.1, 0.15) is 34.2 Å². The lowest BCUT2D eigenvalue weighted by molar-refractivity contribution is -0.139. The van der Waals surface area contributed by atoms with E-state index in [0.717, 1.165) is 29.8 Å². The van der Waals surface area contributed by atoms with Gasteiger partial charge in [0.2, 0.25) is 10.0 Å². The van der Waals surface area contributed by atoms with E-state index in [1.807, 2.05) is 0 Å². The minimum Gasteiger partial charge on any atom is -0.368 e. The van der Waals surface area contributed by atoms with E-state index in [1.165, 1.54) is 28.6 Å². The molecular formula is C31H27F6NO4S. The summed E-state index contributed by atoms with van der Waals surface area (Å²) in [4.78, 5) is 0. The molecule has 5 nitrogen and oxygen atoms in total. The average Bonchev–Trinajstić information content (AvgIpc) is 3.55. The third-order valence-electron chi connectivity index (χ3n) is 8.29. The number of ether oxygens (including phenoxy) is 2. The Morgan fingerprint density at radius 3 is 2.07 bits per heavy atom. The lowest BCUT2D eigenvalue weighted by atomic mass is 9.82. The molecule has 3 aromatic carbocycles. The zero-order valence-corrected chi connectivity index (χ0v) is 23.4. The normalized spacial score (nSPS) is 28.2. The van der Waals surface area contributed by atoms with Gasteiger partial charge in [0.15, 0.2) is 0 Å². The topological polar surface area (TPSA) is 55.8 Å². The van der Waals surface area contributed by atoms with Crippen LogP contribution in [0.25, 0.3) is 0 Å². The molecular weight excluding hydrogens is 596 g/mol. The van der Waals surface area contributed by atoms with E-state index in [9.17, 15) is 34.8 Å². The van der Waals surface area contributed by atoms with Crippen molar-refractivity contribution in [2.24, 2.45) is 0 Å². The van der Waals surface area contributed by atoms with Gasteiger partial charge < -0.3 is 9.47 Å². The molecule has 2 fully saturated rings. The average molecular weight is 624 g/mol. The predicted octanol–water partition coefficient (Wildman–Crippen LogP) is 6.53. The molecule has 0 aromatic heterocycles. The van der Waals surface area contributed by atoms with Gasteiger partial charge in [0.25, 0.3) is 0 Å². The highest BCUT2D eigenvalue weighted by molar-refractivity contribution is 7.89. The lowest BCUT2D eigenvalue weighted by Crippen LogP contribution is -2.69. The molecule has 1 spiro atoms. The minimum atomic E-state index is -4.62. The Bertz CT molecular complexity index is 1620. The Kier molecular flexibility index (Phi) is 7.47. The summed E-state index contributed by atoms with van der Waals surface area (Å²) in [5, 5.41) is -1.08. The van der Waals surface area contributed by atoms with Gasteiger partial charge in [-0.25, -0.2) is 8.42 Å². The maximum Gasteiger partial charge on any atom is 0.416 e. The third-order valence-corrected chi connectivity index (χ3v) is 10.6. The summed E-state index contributed by atoms with van der Waals surface area (Å²) in [6.45, 7) is -0.623. The fourth-order valence-electron chi connectivity index (χ4n) is 6.37. The number of sulfonamides is 1. The van der Waals surface area contributed by atoms with Crippen LogP contribution in [0.2, 0.25) is 0 Å². The molecule has 12 heteroatoms. The van der Waals surface area contributed by atoms with Crippen molar-refractivity contribution in [3.8, 4) is 0 Å². The van der Waals surface area contributed by atoms with Crippen molar-refractivity contribution in [2.75, 3.05) is 0 Å². The molecule has 0 aliphatic carbocycles. The van der Waals surface area contributed by atoms with Gasteiger partial charge in [0.05, 0.1) is 29.9 Å². The van der Waals surface area contributed by atoms with Gasteiger partial charge in [-0.05, 0) is 47.7 Å². The second-order valence-corrected chi connectivity index (χ2v) is 13.1. The summed E-state index contributed by atoms with van der Waals surface area (Å²) in [7, 11) is -4.15. The maximum atomic E-state index is 14.3. The van der Waals surface area contributed by atoms with E-state index in [2.05, 4.69) is 0 Å². The van der Waals surface area contributed by atoms with Crippen LogP contribution < -0.4 is 0 Å². The summed E-state index contributed by atoms with van der Waals surface area (Å²) in [5.74, 6) is 0. The van der Waals surface area contributed by atoms with Crippen molar-refractivity contribution in [1.29, 1.82) is 0 Å². The summed E-state index contributed by atoms with van der Waals surface area (Å²) in [6, 6.07) is 17.2. The molecule has 6 rings (SSSR count). The van der Waals surface area contributed by atoms with Crippen molar-refractivity contribution in [1.82, 2.24) is 4.31 Å². The van der Waals surface area contributed by atoms with E-state index in [1.54, 1.807) is 42.5 Å². The molecule has 3 aliphatic rings. The minimum absolute atomic E-state index is 0.124. The number of rotatable bonds is 7. The van der Waals surface area contributed by atoms with Crippen LogP contribution in [0.5, 0.6) is 0 Å². The molecule has 0 N–H and O–H groups in total. The second kappa shape index (κ2) is 10.8. The Balaban J connectivity index is 1.42. The molecule has 0 saturated carbocycles. The number of hydrogen-bond donors (Lipinski definition) is 0. The van der Waals surface area contributed by atoms with E-state index in [0.29, 0.717) is 0 Å². The Morgan fingerprint density at radius 2 is 1.44 bits per heavy atom. The molecule has 3 heterocycles. The van der Waals surface area contributed by atoms with Crippen LogP contribution in [0.15, 0.2) is 91.0 Å². The maximum absolute atomic E-state index is 14.3. The molecule has 3 aromatic rings. The number of hydrogen-bond acceptors (Lipinski definition) is 4. The van der Waals surface area contributed by atoms with E-state index in [4.69, 9.17) is 9.47 Å². The number of halogens is 6. The Hall–Kier alpha value is -3.19. The van der Waals surface area contributed by atoms with Crippen molar-refractivity contribution >= 4 is 10.0 Å². The highest BCUT2D eigenvalue weighted by Gasteiger charge is 2.67. The van der Waals surface area contributed by atoms with E-state index >= 15 is 0 Å². The second-order valence-electron chi connectivity index (χ2n) is 11.1. The van der Waals surface area contributed by atoms with Crippen molar-refractivity contribution in [3.05, 3.63) is 119 Å². The number of benzene rings is 3. The molecule has 5 atom stereocenters. The number of fused-ring (bicyclic) bond motifs is 1. The molecule has 0 amide bonds. The van der Waals surface area contributed by atoms with Crippen molar-refractivity contribution in [2.45, 2.75) is 67.4 Å². The fourth-order valence-corrected chi connectivity index (χ4v) is 8.75. The van der Waals surface area contributed by atoms with Crippen molar-refractivity contribution in [3.63, 3.8) is 0 Å². The molecule has 0 radical (unpaired) electrons. The van der Waals surface area contributed by atoms with Gasteiger partial charge in [-0.3, -0.25) is 0 Å². The fraction of sp³-hybridized carbons (Fsp3) is 0.355. The first-order valence-electron chi connectivity index (χ1n) is 13.6. The SMILES string of the molecule is O=S1(=O)[C@H]2C[C@@H]3C=C[C@]2(O3)[C@@H](OCc2cccc(C(F)(F)F)c2)[C@@H](Cc2ccccc2)N1Cc1cccc(C(F)(F)F)c1. The van der Waals surface area contributed by atoms with Crippen LogP contribution in [0.4, 0.5) is 26.3 Å². The summed E-state index contributed by atoms with van der Waals surface area (Å²) in [5.41, 5.74) is -2.04. The van der Waals surface area contributed by atoms with Gasteiger partial charge in [0.1, 0.15) is 17.0 Å². The summed E-state index contributed by atoms with van der Waals surface area (Å²) in [6.07, 6.45) is -7.00. The summed E-state index contributed by atoms with van der Waals surface area (Å²) >= 11 is 0. The van der Waals surface area contributed by atoms with Gasteiger partial charge in [-0.1, -0.05) is 72.8 Å². The monoisotopic (exact) mass is 623 g/mol. The van der Waals surface area contributed by atoms with Crippen LogP contribution in [0.3, 0.4) is 0 Å². The Labute approximate surface area is 244 Å². The van der Waals surface area contributed by atoms with Crippen LogP contribution in [0, 0.1) is 0 Å². The third kappa shape index (κ3) is 5.61. The molecule has 3 aliphatic heterocycles. The Morgan fingerprint density at radius 1 is 0.837 bits per heavy atom. The van der Waals surface area contributed by atoms with Crippen LogP contribution in [-0.4, -0.2) is 41.8 Å². The van der Waals surface area contributed by atoms with Gasteiger partial charge in [0, 0.05) is 6.54 Å². The molecule has 2 saturated heterocycles. The molecule has 43 heavy (non-hydrogen) atoms. The van der Waals surface area contributed by atoms with Crippen molar-refractivity contribution < 1.29 is 44.2 Å². The first kappa shape index (κ1) is 29.9. The highest BCUT2D eigenvalue weighted by Crippen LogP contribution is 2.52. The zero-order chi connectivity index (χ0) is 30.6. The first-order chi connectivity index (χ1) is 20.3. The van der Waals surface area contributed by atoms with Crippen LogP contribution in [-0.2, 0) is 51.4 Å².